The molecule has 0 bridgehead atoms. The van der Waals surface area contributed by atoms with Gasteiger partial charge >= 0.3 is 0 Å². The van der Waals surface area contributed by atoms with E-state index in [9.17, 15) is 0 Å². The molecule has 3 aromatic heterocycles. The average molecular weight is 1840 g/mol. The first kappa shape index (κ1) is 78.3. The monoisotopic (exact) mass is 1840 g/mol. The molecular weight excluding hydrogens is 1770 g/mol. The number of thiophene rings is 2. The van der Waals surface area contributed by atoms with Crippen LogP contribution >= 0.6 is 22.7 Å². The molecule has 3 nitrogen and oxygen atoms in total. The average Bonchev–Trinajstić information content (AvgIpc) is 1.52. The summed E-state index contributed by atoms with van der Waals surface area (Å²) in [6.07, 6.45) is 0. The van der Waals surface area contributed by atoms with E-state index in [1.165, 1.54) is 252 Å². The molecule has 0 aliphatic heterocycles. The molecule has 0 saturated heterocycles. The molecule has 0 radical (unpaired) electrons. The first-order chi connectivity index (χ1) is 70.8. The summed E-state index contributed by atoms with van der Waals surface area (Å²) in [4.78, 5) is 0. The minimum atomic E-state index is -0.502. The van der Waals surface area contributed by atoms with Crippen LogP contribution in [0.5, 0.6) is 0 Å². The summed E-state index contributed by atoms with van der Waals surface area (Å²) >= 11 is 3.75. The van der Waals surface area contributed by atoms with E-state index in [1.807, 2.05) is 22.7 Å². The van der Waals surface area contributed by atoms with E-state index in [1.54, 1.807) is 0 Å². The fraction of sp³-hybridized carbons (Fsp3) is 0.0290. The van der Waals surface area contributed by atoms with Crippen molar-refractivity contribution in [2.45, 2.75) is 21.7 Å². The molecule has 8 aliphatic carbocycles. The van der Waals surface area contributed by atoms with Crippen LogP contribution in [0.1, 0.15) is 89.0 Å². The summed E-state index contributed by atoms with van der Waals surface area (Å²) in [5.41, 5.74) is 55.8. The van der Waals surface area contributed by atoms with Gasteiger partial charge in [0.05, 0.1) is 21.7 Å². The number of fused-ring (bicyclic) bond motifs is 46. The quantitative estimate of drug-likeness (QED) is 0.152. The summed E-state index contributed by atoms with van der Waals surface area (Å²) in [5.74, 6) is 0.910. The lowest BCUT2D eigenvalue weighted by Crippen LogP contribution is -2.25. The lowest BCUT2D eigenvalue weighted by Gasteiger charge is -2.30. The molecule has 3 heterocycles. The Balaban J connectivity index is 0.507. The van der Waals surface area contributed by atoms with Crippen molar-refractivity contribution in [3.8, 4) is 179 Å². The van der Waals surface area contributed by atoms with Crippen LogP contribution < -0.4 is 0 Å². The molecule has 0 N–H and O–H groups in total. The van der Waals surface area contributed by atoms with Gasteiger partial charge in [0, 0.05) is 62.6 Å². The van der Waals surface area contributed by atoms with Gasteiger partial charge < -0.3 is 4.42 Å². The van der Waals surface area contributed by atoms with Crippen LogP contribution in [0.4, 0.5) is 0 Å². The van der Waals surface area contributed by atoms with E-state index in [4.69, 9.17) is 14.6 Å². The van der Waals surface area contributed by atoms with Crippen LogP contribution in [0, 0.1) is 0 Å². The highest BCUT2D eigenvalue weighted by atomic mass is 32.1. The number of aromatic nitrogens is 2. The van der Waals surface area contributed by atoms with Crippen LogP contribution in [-0.4, -0.2) is 10.2 Å². The molecule has 658 valence electrons. The Kier molecular flexibility index (Phi) is 15.7. The predicted molar refractivity (Wildman–Crippen MR) is 589 cm³/mol. The van der Waals surface area contributed by atoms with Gasteiger partial charge in [-0.1, -0.05) is 376 Å². The maximum absolute atomic E-state index is 6.88. The molecule has 25 aromatic rings. The molecule has 33 rings (SSSR count). The highest BCUT2D eigenvalue weighted by Crippen LogP contribution is 2.69. The van der Waals surface area contributed by atoms with Crippen molar-refractivity contribution in [3.63, 3.8) is 0 Å². The largest absolute Gasteiger partial charge is 0.416 e. The molecule has 22 aromatic carbocycles. The van der Waals surface area contributed by atoms with Crippen LogP contribution in [-0.2, 0) is 21.7 Å². The van der Waals surface area contributed by atoms with Crippen molar-refractivity contribution < 1.29 is 4.42 Å². The Morgan fingerprint density at radius 2 is 0.322 bits per heavy atom. The van der Waals surface area contributed by atoms with Crippen molar-refractivity contribution in [2.24, 2.45) is 0 Å². The Labute approximate surface area is 833 Å². The van der Waals surface area contributed by atoms with E-state index in [0.717, 1.165) is 44.5 Å². The Morgan fingerprint density at radius 3 is 0.559 bits per heavy atom. The summed E-state index contributed by atoms with van der Waals surface area (Å²) in [6.45, 7) is 0. The SMILES string of the molecule is c1ccc2c(c1)-c1ccccc1C21c2ccccc2-c2ccc(-c3ccc4sc5c(-c6ccc(-c7nnc(-c8ccc(-c9cc(-c%10ccc%11c(c%10)C%10(c%12ccccc%12-c%12ccccc%12%10)c%10ccccc%10-%11)cc%10c9sc9ccc(-c%11ccc%12c(c%11)C%11(c%13ccccc%13-c%13ccccc%13%11)c%11ccccc%11-%12)cc9%10)cc8)o7)cc6)cc(-c6ccc7c(c6)C6(c8ccccc8-c8ccccc86)c6ccccc6-7)cc5c4c3)cc21. The molecule has 0 atom stereocenters. The Bertz CT molecular complexity index is 9200. The fourth-order valence-electron chi connectivity index (χ4n) is 28.0. The summed E-state index contributed by atoms with van der Waals surface area (Å²) in [5, 5.41) is 14.6. The van der Waals surface area contributed by atoms with Gasteiger partial charge in [0.25, 0.3) is 0 Å². The van der Waals surface area contributed by atoms with Gasteiger partial charge in [0.15, 0.2) is 0 Å². The summed E-state index contributed by atoms with van der Waals surface area (Å²) in [6, 6.07) is 181. The second kappa shape index (κ2) is 28.6. The molecule has 0 saturated carbocycles. The van der Waals surface area contributed by atoms with E-state index < -0.39 is 21.7 Å². The third kappa shape index (κ3) is 10.1. The van der Waals surface area contributed by atoms with Gasteiger partial charge in [-0.25, -0.2) is 0 Å². The zero-order valence-corrected chi connectivity index (χ0v) is 78.8. The molecule has 0 unspecified atom stereocenters. The van der Waals surface area contributed by atoms with E-state index in [2.05, 4.69) is 473 Å². The van der Waals surface area contributed by atoms with E-state index >= 15 is 0 Å². The second-order valence-electron chi connectivity index (χ2n) is 40.1. The zero-order chi connectivity index (χ0) is 93.0. The number of benzene rings is 22. The Hall–Kier alpha value is -17.6. The highest BCUT2D eigenvalue weighted by Gasteiger charge is 2.57. The maximum atomic E-state index is 6.88. The molecule has 143 heavy (non-hydrogen) atoms. The summed E-state index contributed by atoms with van der Waals surface area (Å²) < 4.78 is 11.8. The fourth-order valence-corrected chi connectivity index (χ4v) is 30.4. The minimum Gasteiger partial charge on any atom is -0.416 e. The zero-order valence-electron chi connectivity index (χ0n) is 77.2. The lowest BCUT2D eigenvalue weighted by molar-refractivity contribution is 0.584. The van der Waals surface area contributed by atoms with Crippen molar-refractivity contribution >= 4 is 63.0 Å². The van der Waals surface area contributed by atoms with Crippen LogP contribution in [0.15, 0.2) is 478 Å². The van der Waals surface area contributed by atoms with Crippen LogP contribution in [0.3, 0.4) is 0 Å². The Morgan fingerprint density at radius 1 is 0.140 bits per heavy atom. The number of rotatable bonds is 8. The van der Waals surface area contributed by atoms with Gasteiger partial charge in [0.2, 0.25) is 11.8 Å². The van der Waals surface area contributed by atoms with Crippen molar-refractivity contribution in [1.29, 1.82) is 0 Å². The van der Waals surface area contributed by atoms with Crippen molar-refractivity contribution in [1.82, 2.24) is 10.2 Å². The molecule has 4 spiro atoms. The third-order valence-electron chi connectivity index (χ3n) is 33.8. The normalized spacial score (nSPS) is 14.4. The lowest BCUT2D eigenvalue weighted by atomic mass is 9.70. The van der Waals surface area contributed by atoms with Gasteiger partial charge in [0.1, 0.15) is 0 Å². The minimum absolute atomic E-state index is 0.455. The second-order valence-corrected chi connectivity index (χ2v) is 42.2. The van der Waals surface area contributed by atoms with Gasteiger partial charge in [-0.05, 0) is 331 Å². The van der Waals surface area contributed by atoms with Crippen LogP contribution in [0.2, 0.25) is 0 Å². The molecule has 0 amide bonds. The van der Waals surface area contributed by atoms with Crippen molar-refractivity contribution in [2.75, 3.05) is 0 Å². The van der Waals surface area contributed by atoms with Gasteiger partial charge in [-0.15, -0.1) is 32.9 Å². The number of hydrogen-bond donors (Lipinski definition) is 0. The first-order valence-corrected chi connectivity index (χ1v) is 51.3. The van der Waals surface area contributed by atoms with Gasteiger partial charge in [-0.3, -0.25) is 0 Å². The predicted octanol–water partition coefficient (Wildman–Crippen LogP) is 35.5. The number of nitrogens with zero attached hydrogens (tertiary/aromatic N) is 2. The van der Waals surface area contributed by atoms with E-state index in [0.29, 0.717) is 11.8 Å². The smallest absolute Gasteiger partial charge is 0.248 e. The molecule has 8 aliphatic rings. The molecular formula is C138H78N2OS2. The maximum Gasteiger partial charge on any atom is 0.248 e. The third-order valence-corrected chi connectivity index (χ3v) is 36.2. The first-order valence-electron chi connectivity index (χ1n) is 49.7. The van der Waals surface area contributed by atoms with E-state index in [-0.39, 0.29) is 0 Å². The molecule has 5 heteroatoms. The standard InChI is InChI=1S/C138H78N2OS2/c1-13-37-113-91(25-1)92-26-2-14-38-114(92)135(113)121-45-21-9-33-99(121)103-63-57-85(75-125(103)135)83-61-67-129-109(69-83)111-73-89(87-59-65-105-101-35-11-23-47-123(101)137(127(105)77-87)117-41-17-5-29-95(117)96-30-6-18-42-118(96)137)71-107(131(111)142-129)79-49-53-81(54-50-79)133-139-140-134(141-133)82-55-51-80(52-56-82)108-72-90(88-60-66-106-102-36-12-24-48-124(102)138(128(106)78-88)119-43-19-7-31-97(119)98-32-8-20-44-120(98)138)74-112-110-70-84(62-68-130(110)143-132(108)112)86-58-64-104-100-34-10-22-46-122(100)136(126(104)76-86)115-39-15-3-27-93(115)94-28-4-16-40-116(94)136/h1-78H. The topological polar surface area (TPSA) is 38.9 Å². The molecule has 0 fully saturated rings. The highest BCUT2D eigenvalue weighted by molar-refractivity contribution is 7.26. The van der Waals surface area contributed by atoms with Gasteiger partial charge in [-0.2, -0.15) is 0 Å². The van der Waals surface area contributed by atoms with Crippen LogP contribution in [0.25, 0.3) is 219 Å². The van der Waals surface area contributed by atoms with Crippen molar-refractivity contribution in [3.05, 3.63) is 562 Å². The number of hydrogen-bond acceptors (Lipinski definition) is 5. The summed E-state index contributed by atoms with van der Waals surface area (Å²) in [7, 11) is 0.